The number of carbonyl (C=O) groups is 2. The fourth-order valence-corrected chi connectivity index (χ4v) is 3.35. The molecular weight excluding hydrogens is 398 g/mol. The van der Waals surface area contributed by atoms with Crippen LogP contribution in [0.4, 0.5) is 0 Å². The SMILES string of the molecule is CC(C)c1cnc(CN2C(=O)c3c(Cl)c(Cl)c(Cl)c(Cl)c3C2=O)o1. The summed E-state index contributed by atoms with van der Waals surface area (Å²) in [6, 6.07) is 0. The highest BCUT2D eigenvalue weighted by molar-refractivity contribution is 6.55. The molecule has 1 aromatic carbocycles. The van der Waals surface area contributed by atoms with Crippen molar-refractivity contribution in [2.75, 3.05) is 0 Å². The van der Waals surface area contributed by atoms with Crippen LogP contribution < -0.4 is 0 Å². The number of hydrogen-bond donors (Lipinski definition) is 0. The number of nitrogens with zero attached hydrogens (tertiary/aromatic N) is 2. The number of carbonyl (C=O) groups excluding carboxylic acids is 2. The van der Waals surface area contributed by atoms with Gasteiger partial charge in [-0.05, 0) is 0 Å². The molecule has 0 radical (unpaired) electrons. The van der Waals surface area contributed by atoms with Crippen molar-refractivity contribution in [3.05, 3.63) is 49.1 Å². The first kappa shape index (κ1) is 17.5. The highest BCUT2D eigenvalue weighted by atomic mass is 35.5. The number of oxazole rings is 1. The van der Waals surface area contributed by atoms with Crippen molar-refractivity contribution in [2.24, 2.45) is 0 Å². The second-order valence-electron chi connectivity index (χ2n) is 5.51. The molecule has 126 valence electrons. The van der Waals surface area contributed by atoms with Gasteiger partial charge < -0.3 is 4.42 Å². The van der Waals surface area contributed by atoms with E-state index in [0.717, 1.165) is 4.90 Å². The van der Waals surface area contributed by atoms with E-state index in [0.29, 0.717) is 5.76 Å². The molecule has 0 bridgehead atoms. The van der Waals surface area contributed by atoms with Gasteiger partial charge in [0.1, 0.15) is 12.3 Å². The van der Waals surface area contributed by atoms with Gasteiger partial charge in [0.25, 0.3) is 11.8 Å². The third-order valence-corrected chi connectivity index (χ3v) is 5.42. The number of hydrogen-bond acceptors (Lipinski definition) is 4. The van der Waals surface area contributed by atoms with Gasteiger partial charge in [0.2, 0.25) is 5.89 Å². The summed E-state index contributed by atoms with van der Waals surface area (Å²) in [7, 11) is 0. The molecule has 3 rings (SSSR count). The summed E-state index contributed by atoms with van der Waals surface area (Å²) in [5.74, 6) is -0.217. The lowest BCUT2D eigenvalue weighted by Crippen LogP contribution is -2.29. The second kappa shape index (κ2) is 6.23. The smallest absolute Gasteiger partial charge is 0.263 e. The first-order valence-electron chi connectivity index (χ1n) is 6.90. The molecule has 0 saturated carbocycles. The summed E-state index contributed by atoms with van der Waals surface area (Å²) in [5, 5.41) is -0.332. The number of aromatic nitrogens is 1. The maximum absolute atomic E-state index is 12.6. The molecule has 24 heavy (non-hydrogen) atoms. The monoisotopic (exact) mass is 406 g/mol. The highest BCUT2D eigenvalue weighted by Gasteiger charge is 2.42. The van der Waals surface area contributed by atoms with Crippen LogP contribution in [0.3, 0.4) is 0 Å². The van der Waals surface area contributed by atoms with Crippen molar-refractivity contribution >= 4 is 58.2 Å². The lowest BCUT2D eigenvalue weighted by molar-refractivity contribution is 0.0628. The van der Waals surface area contributed by atoms with Gasteiger partial charge in [-0.2, -0.15) is 0 Å². The molecule has 0 spiro atoms. The number of rotatable bonds is 3. The molecule has 0 N–H and O–H groups in total. The third kappa shape index (κ3) is 2.60. The van der Waals surface area contributed by atoms with Crippen molar-refractivity contribution in [3.63, 3.8) is 0 Å². The molecular formula is C15H10Cl4N2O3. The van der Waals surface area contributed by atoms with E-state index in [-0.39, 0.29) is 49.6 Å². The molecule has 1 aromatic heterocycles. The van der Waals surface area contributed by atoms with Crippen LogP contribution in [0.25, 0.3) is 0 Å². The van der Waals surface area contributed by atoms with Gasteiger partial charge in [-0.15, -0.1) is 0 Å². The minimum atomic E-state index is -0.621. The molecule has 0 saturated heterocycles. The normalized spacial score (nSPS) is 14.0. The summed E-state index contributed by atoms with van der Waals surface area (Å²) < 4.78 is 5.54. The van der Waals surface area contributed by atoms with E-state index in [1.807, 2.05) is 13.8 Å². The Morgan fingerprint density at radius 1 is 1.00 bits per heavy atom. The average Bonchev–Trinajstić information content (AvgIpc) is 3.09. The Bertz CT molecular complexity index is 829. The van der Waals surface area contributed by atoms with Crippen LogP contribution in [0.5, 0.6) is 0 Å². The lowest BCUT2D eigenvalue weighted by Gasteiger charge is -2.11. The van der Waals surface area contributed by atoms with Crippen LogP contribution in [-0.2, 0) is 6.54 Å². The van der Waals surface area contributed by atoms with E-state index in [1.165, 1.54) is 0 Å². The van der Waals surface area contributed by atoms with Gasteiger partial charge in [0, 0.05) is 5.92 Å². The minimum absolute atomic E-state index is 0.0586. The van der Waals surface area contributed by atoms with Gasteiger partial charge in [-0.1, -0.05) is 60.3 Å². The Labute approximate surface area is 157 Å². The Morgan fingerprint density at radius 2 is 1.50 bits per heavy atom. The van der Waals surface area contributed by atoms with Gasteiger partial charge in [0.05, 0.1) is 37.4 Å². The van der Waals surface area contributed by atoms with Gasteiger partial charge in [-0.3, -0.25) is 14.5 Å². The molecule has 0 atom stereocenters. The quantitative estimate of drug-likeness (QED) is 0.398. The Hall–Kier alpha value is -1.27. The first-order chi connectivity index (χ1) is 11.2. The van der Waals surface area contributed by atoms with Crippen LogP contribution in [0.15, 0.2) is 10.6 Å². The average molecular weight is 408 g/mol. The molecule has 2 aromatic rings. The minimum Gasteiger partial charge on any atom is -0.443 e. The van der Waals surface area contributed by atoms with Crippen molar-refractivity contribution in [1.82, 2.24) is 9.88 Å². The number of amides is 2. The molecule has 0 aliphatic carbocycles. The third-order valence-electron chi connectivity index (χ3n) is 3.62. The zero-order valence-electron chi connectivity index (χ0n) is 12.5. The lowest BCUT2D eigenvalue weighted by atomic mass is 10.1. The fourth-order valence-electron chi connectivity index (χ4n) is 2.34. The largest absolute Gasteiger partial charge is 0.443 e. The van der Waals surface area contributed by atoms with Crippen LogP contribution in [-0.4, -0.2) is 21.7 Å². The molecule has 0 unspecified atom stereocenters. The van der Waals surface area contributed by atoms with E-state index in [4.69, 9.17) is 50.8 Å². The predicted octanol–water partition coefficient (Wildman–Crippen LogP) is 5.21. The summed E-state index contributed by atoms with van der Waals surface area (Å²) >= 11 is 24.1. The second-order valence-corrected chi connectivity index (χ2v) is 7.03. The highest BCUT2D eigenvalue weighted by Crippen LogP contribution is 2.45. The summed E-state index contributed by atoms with van der Waals surface area (Å²) in [6.07, 6.45) is 1.56. The van der Waals surface area contributed by atoms with E-state index in [2.05, 4.69) is 4.98 Å². The van der Waals surface area contributed by atoms with Crippen LogP contribution >= 0.6 is 46.4 Å². The summed E-state index contributed by atoms with van der Waals surface area (Å²) in [5.41, 5.74) is -0.117. The summed E-state index contributed by atoms with van der Waals surface area (Å²) in [4.78, 5) is 30.2. The zero-order valence-corrected chi connectivity index (χ0v) is 15.5. The fraction of sp³-hybridized carbons (Fsp3) is 0.267. The Balaban J connectivity index is 2.01. The Morgan fingerprint density at radius 3 is 1.92 bits per heavy atom. The van der Waals surface area contributed by atoms with Crippen LogP contribution in [0.1, 0.15) is 52.1 Å². The standard InChI is InChI=1S/C15H10Cl4N2O3/c1-5(2)6-3-20-7(24-6)4-21-14(22)8-9(15(21)23)11(17)13(19)12(18)10(8)16/h3,5H,4H2,1-2H3. The number of imide groups is 1. The first-order valence-corrected chi connectivity index (χ1v) is 8.42. The van der Waals surface area contributed by atoms with E-state index < -0.39 is 11.8 Å². The predicted molar refractivity (Wildman–Crippen MR) is 91.3 cm³/mol. The molecule has 5 nitrogen and oxygen atoms in total. The molecule has 9 heteroatoms. The van der Waals surface area contributed by atoms with Crippen molar-refractivity contribution in [1.29, 1.82) is 0 Å². The summed E-state index contributed by atoms with van der Waals surface area (Å²) in [6.45, 7) is 3.74. The van der Waals surface area contributed by atoms with Crippen LogP contribution in [0, 0.1) is 0 Å². The van der Waals surface area contributed by atoms with Crippen molar-refractivity contribution < 1.29 is 14.0 Å². The van der Waals surface area contributed by atoms with Gasteiger partial charge >= 0.3 is 0 Å². The van der Waals surface area contributed by atoms with Gasteiger partial charge in [-0.25, -0.2) is 4.98 Å². The van der Waals surface area contributed by atoms with Crippen molar-refractivity contribution in [2.45, 2.75) is 26.3 Å². The van der Waals surface area contributed by atoms with Crippen LogP contribution in [0.2, 0.25) is 20.1 Å². The molecule has 2 heterocycles. The molecule has 2 amide bonds. The van der Waals surface area contributed by atoms with E-state index in [1.54, 1.807) is 6.20 Å². The molecule has 1 aliphatic heterocycles. The number of benzene rings is 1. The Kier molecular flexibility index (Phi) is 4.55. The number of halogens is 4. The molecule has 1 aliphatic rings. The zero-order chi connectivity index (χ0) is 17.8. The maximum atomic E-state index is 12.6. The van der Waals surface area contributed by atoms with E-state index >= 15 is 0 Å². The van der Waals surface area contributed by atoms with Gasteiger partial charge in [0.15, 0.2) is 0 Å². The molecule has 0 fully saturated rings. The number of fused-ring (bicyclic) bond motifs is 1. The topological polar surface area (TPSA) is 63.4 Å². The maximum Gasteiger partial charge on any atom is 0.263 e. The van der Waals surface area contributed by atoms with Crippen molar-refractivity contribution in [3.8, 4) is 0 Å². The van der Waals surface area contributed by atoms with E-state index in [9.17, 15) is 9.59 Å².